The molecule has 0 radical (unpaired) electrons. The minimum atomic E-state index is 0.0567. The van der Waals surface area contributed by atoms with Crippen LogP contribution in [0.4, 0.5) is 5.69 Å². The molecule has 0 aromatic heterocycles. The molecule has 1 aliphatic rings. The van der Waals surface area contributed by atoms with Crippen LogP contribution in [0.25, 0.3) is 0 Å². The maximum atomic E-state index is 12.1. The van der Waals surface area contributed by atoms with E-state index in [1.165, 1.54) is 12.8 Å². The van der Waals surface area contributed by atoms with Gasteiger partial charge in [0.2, 0.25) is 5.91 Å². The van der Waals surface area contributed by atoms with Crippen molar-refractivity contribution in [3.8, 4) is 0 Å². The van der Waals surface area contributed by atoms with Crippen LogP contribution >= 0.6 is 0 Å². The van der Waals surface area contributed by atoms with E-state index in [2.05, 4.69) is 17.1 Å². The van der Waals surface area contributed by atoms with Gasteiger partial charge in [0.05, 0.1) is 6.54 Å². The third-order valence-electron chi connectivity index (χ3n) is 3.83. The highest BCUT2D eigenvalue weighted by molar-refractivity contribution is 5.93. The fourth-order valence-electron chi connectivity index (χ4n) is 2.76. The van der Waals surface area contributed by atoms with Crippen molar-refractivity contribution in [1.82, 2.24) is 4.90 Å². The lowest BCUT2D eigenvalue weighted by atomic mass is 10.1. The van der Waals surface area contributed by atoms with Gasteiger partial charge in [-0.25, -0.2) is 0 Å². The smallest absolute Gasteiger partial charge is 0.238 e. The number of benzene rings is 1. The van der Waals surface area contributed by atoms with Gasteiger partial charge in [0.25, 0.3) is 0 Å². The fourth-order valence-corrected chi connectivity index (χ4v) is 2.76. The van der Waals surface area contributed by atoms with E-state index in [1.807, 2.05) is 24.3 Å². The van der Waals surface area contributed by atoms with E-state index >= 15 is 0 Å². The van der Waals surface area contributed by atoms with Crippen LogP contribution in [0.15, 0.2) is 24.3 Å². The molecule has 2 rings (SSSR count). The monoisotopic (exact) mass is 261 g/mol. The average molecular weight is 261 g/mol. The van der Waals surface area contributed by atoms with Crippen molar-refractivity contribution < 1.29 is 4.79 Å². The number of hydrogen-bond donors (Lipinski definition) is 2. The Hall–Kier alpha value is -1.39. The summed E-state index contributed by atoms with van der Waals surface area (Å²) in [6, 6.07) is 8.27. The van der Waals surface area contributed by atoms with Gasteiger partial charge < -0.3 is 11.1 Å². The Morgan fingerprint density at radius 3 is 3.00 bits per heavy atom. The lowest BCUT2D eigenvalue weighted by Gasteiger charge is -2.22. The second-order valence-electron chi connectivity index (χ2n) is 5.08. The predicted octanol–water partition coefficient (Wildman–Crippen LogP) is 1.96. The van der Waals surface area contributed by atoms with Crippen LogP contribution in [-0.4, -0.2) is 29.9 Å². The van der Waals surface area contributed by atoms with Gasteiger partial charge in [-0.05, 0) is 37.4 Å². The first kappa shape index (κ1) is 14.0. The molecule has 0 saturated carbocycles. The molecule has 0 aliphatic carbocycles. The quantitative estimate of drug-likeness (QED) is 0.852. The number of nitrogens with two attached hydrogens (primary N) is 1. The molecule has 1 unspecified atom stereocenters. The number of carbonyl (C=O) groups excluding carboxylic acids is 1. The lowest BCUT2D eigenvalue weighted by Crippen LogP contribution is -2.36. The van der Waals surface area contributed by atoms with E-state index in [4.69, 9.17) is 5.73 Å². The molecule has 1 aliphatic heterocycles. The first-order chi connectivity index (χ1) is 9.24. The third-order valence-corrected chi connectivity index (χ3v) is 3.83. The standard InChI is InChI=1S/C15H23N3O/c1-2-13-7-5-9-18(13)11-15(19)17-14-8-4-3-6-12(14)10-16/h3-4,6,8,13H,2,5,7,9-11,16H2,1H3,(H,17,19). The van der Waals surface area contributed by atoms with Gasteiger partial charge in [0.15, 0.2) is 0 Å². The Kier molecular flexibility index (Phi) is 4.93. The van der Waals surface area contributed by atoms with E-state index in [9.17, 15) is 4.79 Å². The van der Waals surface area contributed by atoms with Crippen LogP contribution in [0.1, 0.15) is 31.7 Å². The van der Waals surface area contributed by atoms with E-state index in [0.717, 1.165) is 24.2 Å². The summed E-state index contributed by atoms with van der Waals surface area (Å²) in [4.78, 5) is 14.4. The zero-order chi connectivity index (χ0) is 13.7. The van der Waals surface area contributed by atoms with E-state index < -0.39 is 0 Å². The molecule has 1 aromatic rings. The number of anilines is 1. The summed E-state index contributed by atoms with van der Waals surface area (Å²) < 4.78 is 0. The van der Waals surface area contributed by atoms with E-state index in [0.29, 0.717) is 19.1 Å². The van der Waals surface area contributed by atoms with Crippen LogP contribution in [0.5, 0.6) is 0 Å². The van der Waals surface area contributed by atoms with Gasteiger partial charge in [-0.2, -0.15) is 0 Å². The largest absolute Gasteiger partial charge is 0.326 e. The minimum Gasteiger partial charge on any atom is -0.326 e. The summed E-state index contributed by atoms with van der Waals surface area (Å²) in [5, 5.41) is 2.97. The summed E-state index contributed by atoms with van der Waals surface area (Å²) in [6.07, 6.45) is 3.53. The van der Waals surface area contributed by atoms with Crippen molar-refractivity contribution in [2.75, 3.05) is 18.4 Å². The second kappa shape index (κ2) is 6.68. The van der Waals surface area contributed by atoms with Gasteiger partial charge in [0, 0.05) is 18.3 Å². The Labute approximate surface area is 115 Å². The molecular formula is C15H23N3O. The molecule has 1 saturated heterocycles. The molecule has 3 N–H and O–H groups in total. The van der Waals surface area contributed by atoms with E-state index in [1.54, 1.807) is 0 Å². The van der Waals surface area contributed by atoms with Crippen molar-refractivity contribution in [2.24, 2.45) is 5.73 Å². The fraction of sp³-hybridized carbons (Fsp3) is 0.533. The van der Waals surface area contributed by atoms with Crippen LogP contribution in [0.3, 0.4) is 0 Å². The van der Waals surface area contributed by atoms with Crippen molar-refractivity contribution in [1.29, 1.82) is 0 Å². The predicted molar refractivity (Wildman–Crippen MR) is 77.8 cm³/mol. The topological polar surface area (TPSA) is 58.4 Å². The highest BCUT2D eigenvalue weighted by atomic mass is 16.2. The summed E-state index contributed by atoms with van der Waals surface area (Å²) in [5.41, 5.74) is 7.48. The van der Waals surface area contributed by atoms with Crippen LogP contribution in [0, 0.1) is 0 Å². The number of rotatable bonds is 5. The molecule has 104 valence electrons. The number of para-hydroxylation sites is 1. The van der Waals surface area contributed by atoms with Crippen LogP contribution in [0.2, 0.25) is 0 Å². The number of carbonyl (C=O) groups is 1. The highest BCUT2D eigenvalue weighted by Crippen LogP contribution is 2.20. The summed E-state index contributed by atoms with van der Waals surface area (Å²) >= 11 is 0. The molecule has 19 heavy (non-hydrogen) atoms. The molecule has 4 heteroatoms. The molecule has 1 aromatic carbocycles. The SMILES string of the molecule is CCC1CCCN1CC(=O)Nc1ccccc1CN. The van der Waals surface area contributed by atoms with E-state index in [-0.39, 0.29) is 5.91 Å². The maximum Gasteiger partial charge on any atom is 0.238 e. The zero-order valence-corrected chi connectivity index (χ0v) is 11.6. The van der Waals surface area contributed by atoms with Crippen molar-refractivity contribution in [3.05, 3.63) is 29.8 Å². The Balaban J connectivity index is 1.94. The van der Waals surface area contributed by atoms with Gasteiger partial charge in [-0.15, -0.1) is 0 Å². The lowest BCUT2D eigenvalue weighted by molar-refractivity contribution is -0.117. The molecule has 1 fully saturated rings. The van der Waals surface area contributed by atoms with Crippen molar-refractivity contribution >= 4 is 11.6 Å². The van der Waals surface area contributed by atoms with Gasteiger partial charge >= 0.3 is 0 Å². The maximum absolute atomic E-state index is 12.1. The van der Waals surface area contributed by atoms with Gasteiger partial charge in [0.1, 0.15) is 0 Å². The normalized spacial score (nSPS) is 19.6. The van der Waals surface area contributed by atoms with Crippen molar-refractivity contribution in [3.63, 3.8) is 0 Å². The number of amides is 1. The van der Waals surface area contributed by atoms with Crippen molar-refractivity contribution in [2.45, 2.75) is 38.8 Å². The molecule has 0 spiro atoms. The van der Waals surface area contributed by atoms with Crippen LogP contribution < -0.4 is 11.1 Å². The molecule has 1 heterocycles. The molecule has 4 nitrogen and oxygen atoms in total. The first-order valence-electron chi connectivity index (χ1n) is 7.06. The number of nitrogens with zero attached hydrogens (tertiary/aromatic N) is 1. The first-order valence-corrected chi connectivity index (χ1v) is 7.06. The third kappa shape index (κ3) is 3.55. The molecule has 1 amide bonds. The number of hydrogen-bond acceptors (Lipinski definition) is 3. The Bertz CT molecular complexity index is 433. The Morgan fingerprint density at radius 2 is 2.26 bits per heavy atom. The summed E-state index contributed by atoms with van der Waals surface area (Å²) in [7, 11) is 0. The number of nitrogens with one attached hydrogen (secondary N) is 1. The second-order valence-corrected chi connectivity index (χ2v) is 5.08. The number of likely N-dealkylation sites (tertiary alicyclic amines) is 1. The van der Waals surface area contributed by atoms with Gasteiger partial charge in [-0.3, -0.25) is 9.69 Å². The summed E-state index contributed by atoms with van der Waals surface area (Å²) in [6.45, 7) is 4.14. The van der Waals surface area contributed by atoms with Gasteiger partial charge in [-0.1, -0.05) is 25.1 Å². The Morgan fingerprint density at radius 1 is 1.47 bits per heavy atom. The molecule has 0 bridgehead atoms. The average Bonchev–Trinajstić information content (AvgIpc) is 2.86. The zero-order valence-electron chi connectivity index (χ0n) is 11.6. The molecular weight excluding hydrogens is 238 g/mol. The van der Waals surface area contributed by atoms with Crippen LogP contribution in [-0.2, 0) is 11.3 Å². The summed E-state index contributed by atoms with van der Waals surface area (Å²) in [5.74, 6) is 0.0567. The minimum absolute atomic E-state index is 0.0567. The molecule has 1 atom stereocenters. The highest BCUT2D eigenvalue weighted by Gasteiger charge is 2.24.